The van der Waals surface area contributed by atoms with E-state index in [1.807, 2.05) is 11.8 Å². The first-order chi connectivity index (χ1) is 7.85. The number of hydrogen-bond acceptors (Lipinski definition) is 4. The van der Waals surface area contributed by atoms with Crippen LogP contribution < -0.4 is 5.32 Å². The number of hydrogen-bond donors (Lipinski definition) is 1. The number of ether oxygens (including phenoxy) is 2. The van der Waals surface area contributed by atoms with E-state index in [2.05, 4.69) is 11.6 Å². The van der Waals surface area contributed by atoms with E-state index in [4.69, 9.17) is 9.47 Å². The van der Waals surface area contributed by atoms with Crippen LogP contribution in [0, 0.1) is 0 Å². The van der Waals surface area contributed by atoms with Crippen LogP contribution in [0.25, 0.3) is 0 Å². The lowest BCUT2D eigenvalue weighted by molar-refractivity contribution is -0.0232. The van der Waals surface area contributed by atoms with Gasteiger partial charge in [-0.25, -0.2) is 0 Å². The number of piperidine rings is 1. The molecule has 94 valence electrons. The van der Waals surface area contributed by atoms with Crippen molar-refractivity contribution in [3.8, 4) is 0 Å². The van der Waals surface area contributed by atoms with Gasteiger partial charge in [-0.05, 0) is 44.4 Å². The molecule has 16 heavy (non-hydrogen) atoms. The molecule has 0 saturated carbocycles. The number of rotatable bonds is 5. The normalized spacial score (nSPS) is 28.7. The van der Waals surface area contributed by atoms with E-state index in [0.717, 1.165) is 52.0 Å². The molecular formula is C12H23NO2S. The van der Waals surface area contributed by atoms with Gasteiger partial charge < -0.3 is 14.8 Å². The molecule has 4 heteroatoms. The molecule has 0 amide bonds. The third kappa shape index (κ3) is 3.36. The lowest BCUT2D eigenvalue weighted by Crippen LogP contribution is -2.41. The van der Waals surface area contributed by atoms with Gasteiger partial charge in [0.05, 0.1) is 18.3 Å². The van der Waals surface area contributed by atoms with E-state index >= 15 is 0 Å². The Morgan fingerprint density at radius 2 is 2.25 bits per heavy atom. The Labute approximate surface area is 103 Å². The van der Waals surface area contributed by atoms with Crippen molar-refractivity contribution in [3.05, 3.63) is 0 Å². The SMILES string of the molecule is CSCCCOC1COC2(CCNCC2)C1. The van der Waals surface area contributed by atoms with E-state index in [-0.39, 0.29) is 5.60 Å². The summed E-state index contributed by atoms with van der Waals surface area (Å²) in [7, 11) is 0. The molecule has 2 fully saturated rings. The standard InChI is InChI=1S/C12H23NO2S/c1-16-8-2-7-14-11-9-12(15-10-11)3-5-13-6-4-12/h11,13H,2-10H2,1H3. The quantitative estimate of drug-likeness (QED) is 0.746. The Bertz CT molecular complexity index is 207. The molecule has 0 radical (unpaired) electrons. The first-order valence-corrected chi connectivity index (χ1v) is 7.69. The zero-order valence-electron chi connectivity index (χ0n) is 10.2. The van der Waals surface area contributed by atoms with Gasteiger partial charge in [-0.15, -0.1) is 0 Å². The predicted molar refractivity (Wildman–Crippen MR) is 68.1 cm³/mol. The molecule has 2 aliphatic rings. The summed E-state index contributed by atoms with van der Waals surface area (Å²) >= 11 is 1.89. The van der Waals surface area contributed by atoms with Crippen molar-refractivity contribution in [1.29, 1.82) is 0 Å². The average Bonchev–Trinajstić information content (AvgIpc) is 2.69. The molecule has 2 rings (SSSR count). The second-order valence-electron chi connectivity index (χ2n) is 4.79. The molecule has 0 bridgehead atoms. The molecule has 3 nitrogen and oxygen atoms in total. The summed E-state index contributed by atoms with van der Waals surface area (Å²) in [5.41, 5.74) is 0.148. The van der Waals surface area contributed by atoms with E-state index in [1.54, 1.807) is 0 Å². The molecule has 0 aromatic carbocycles. The maximum Gasteiger partial charge on any atom is 0.0836 e. The largest absolute Gasteiger partial charge is 0.376 e. The van der Waals surface area contributed by atoms with Crippen LogP contribution in [0.5, 0.6) is 0 Å². The first kappa shape index (κ1) is 12.7. The Morgan fingerprint density at radius 1 is 1.44 bits per heavy atom. The zero-order valence-corrected chi connectivity index (χ0v) is 11.0. The Morgan fingerprint density at radius 3 is 3.00 bits per heavy atom. The second-order valence-corrected chi connectivity index (χ2v) is 5.77. The minimum Gasteiger partial charge on any atom is -0.376 e. The summed E-state index contributed by atoms with van der Waals surface area (Å²) in [6, 6.07) is 0. The van der Waals surface area contributed by atoms with E-state index in [9.17, 15) is 0 Å². The Balaban J connectivity index is 1.66. The van der Waals surface area contributed by atoms with Gasteiger partial charge in [0.15, 0.2) is 0 Å². The van der Waals surface area contributed by atoms with E-state index < -0.39 is 0 Å². The minimum absolute atomic E-state index is 0.148. The summed E-state index contributed by atoms with van der Waals surface area (Å²) in [5.74, 6) is 1.20. The number of nitrogens with one attached hydrogen (secondary N) is 1. The first-order valence-electron chi connectivity index (χ1n) is 6.30. The molecule has 1 N–H and O–H groups in total. The molecule has 0 aromatic heterocycles. The molecule has 2 aliphatic heterocycles. The predicted octanol–water partition coefficient (Wildman–Crippen LogP) is 1.67. The number of thioether (sulfide) groups is 1. The van der Waals surface area contributed by atoms with Crippen molar-refractivity contribution >= 4 is 11.8 Å². The Hall–Kier alpha value is 0.230. The second kappa shape index (κ2) is 6.24. The van der Waals surface area contributed by atoms with Gasteiger partial charge in [-0.3, -0.25) is 0 Å². The highest BCUT2D eigenvalue weighted by Crippen LogP contribution is 2.35. The summed E-state index contributed by atoms with van der Waals surface area (Å²) in [6.07, 6.45) is 7.05. The summed E-state index contributed by atoms with van der Waals surface area (Å²) < 4.78 is 11.9. The van der Waals surface area contributed by atoms with Crippen molar-refractivity contribution in [2.45, 2.75) is 37.4 Å². The maximum absolute atomic E-state index is 5.98. The van der Waals surface area contributed by atoms with Crippen molar-refractivity contribution < 1.29 is 9.47 Å². The van der Waals surface area contributed by atoms with Crippen molar-refractivity contribution in [1.82, 2.24) is 5.32 Å². The molecular weight excluding hydrogens is 222 g/mol. The van der Waals surface area contributed by atoms with Gasteiger partial charge in [0.2, 0.25) is 0 Å². The van der Waals surface area contributed by atoms with Crippen LogP contribution >= 0.6 is 11.8 Å². The molecule has 0 aromatic rings. The minimum atomic E-state index is 0.148. The van der Waals surface area contributed by atoms with E-state index in [0.29, 0.717) is 6.10 Å². The van der Waals surface area contributed by atoms with Crippen LogP contribution in [0.2, 0.25) is 0 Å². The average molecular weight is 245 g/mol. The van der Waals surface area contributed by atoms with Crippen molar-refractivity contribution in [2.24, 2.45) is 0 Å². The van der Waals surface area contributed by atoms with Gasteiger partial charge in [-0.2, -0.15) is 11.8 Å². The lowest BCUT2D eigenvalue weighted by atomic mass is 9.89. The third-order valence-electron chi connectivity index (χ3n) is 3.54. The van der Waals surface area contributed by atoms with Gasteiger partial charge in [0.25, 0.3) is 0 Å². The topological polar surface area (TPSA) is 30.5 Å². The highest BCUT2D eigenvalue weighted by Gasteiger charge is 2.41. The van der Waals surface area contributed by atoms with Gasteiger partial charge >= 0.3 is 0 Å². The van der Waals surface area contributed by atoms with Crippen LogP contribution in [0.3, 0.4) is 0 Å². The summed E-state index contributed by atoms with van der Waals surface area (Å²) in [4.78, 5) is 0. The van der Waals surface area contributed by atoms with Gasteiger partial charge in [-0.1, -0.05) is 0 Å². The van der Waals surface area contributed by atoms with Crippen molar-refractivity contribution in [3.63, 3.8) is 0 Å². The van der Waals surface area contributed by atoms with Crippen molar-refractivity contribution in [2.75, 3.05) is 38.3 Å². The van der Waals surface area contributed by atoms with Crippen LogP contribution in [0.4, 0.5) is 0 Å². The Kier molecular flexibility index (Phi) is 4.95. The molecule has 2 saturated heterocycles. The fraction of sp³-hybridized carbons (Fsp3) is 1.00. The molecule has 1 unspecified atom stereocenters. The van der Waals surface area contributed by atoms with Gasteiger partial charge in [0.1, 0.15) is 0 Å². The summed E-state index contributed by atoms with van der Waals surface area (Å²) in [6.45, 7) is 3.89. The zero-order chi connectivity index (χ0) is 11.3. The molecule has 1 atom stereocenters. The highest BCUT2D eigenvalue weighted by molar-refractivity contribution is 7.98. The van der Waals surface area contributed by atoms with E-state index in [1.165, 1.54) is 5.75 Å². The third-order valence-corrected chi connectivity index (χ3v) is 4.23. The smallest absolute Gasteiger partial charge is 0.0836 e. The van der Waals surface area contributed by atoms with Gasteiger partial charge in [0, 0.05) is 13.0 Å². The fourth-order valence-electron chi connectivity index (χ4n) is 2.59. The molecule has 2 heterocycles. The molecule has 1 spiro atoms. The van der Waals surface area contributed by atoms with Crippen LogP contribution in [-0.4, -0.2) is 50.0 Å². The fourth-order valence-corrected chi connectivity index (χ4v) is 3.00. The lowest BCUT2D eigenvalue weighted by Gasteiger charge is -2.32. The molecule has 0 aliphatic carbocycles. The maximum atomic E-state index is 5.98. The summed E-state index contributed by atoms with van der Waals surface area (Å²) in [5, 5.41) is 3.39. The van der Waals surface area contributed by atoms with Crippen LogP contribution in [-0.2, 0) is 9.47 Å². The van der Waals surface area contributed by atoms with Crippen LogP contribution in [0.1, 0.15) is 25.7 Å². The monoisotopic (exact) mass is 245 g/mol. The highest BCUT2D eigenvalue weighted by atomic mass is 32.2. The van der Waals surface area contributed by atoms with Crippen LogP contribution in [0.15, 0.2) is 0 Å².